The Labute approximate surface area is 98.2 Å². The highest BCUT2D eigenvalue weighted by Crippen LogP contribution is 2.24. The van der Waals surface area contributed by atoms with Gasteiger partial charge in [0.2, 0.25) is 6.08 Å². The van der Waals surface area contributed by atoms with Gasteiger partial charge in [0.25, 0.3) is 0 Å². The minimum absolute atomic E-state index is 0.452. The summed E-state index contributed by atoms with van der Waals surface area (Å²) in [7, 11) is 0. The van der Waals surface area contributed by atoms with E-state index in [0.29, 0.717) is 12.6 Å². The van der Waals surface area contributed by atoms with Crippen LogP contribution in [0.1, 0.15) is 33.1 Å². The Bertz CT molecular complexity index is 272. The topological polar surface area (TPSA) is 32.7 Å². The average Bonchev–Trinajstić information content (AvgIpc) is 2.27. The van der Waals surface area contributed by atoms with E-state index in [-0.39, 0.29) is 0 Å². The van der Waals surface area contributed by atoms with Gasteiger partial charge in [-0.15, -0.1) is 0 Å². The fraction of sp³-hybridized carbons (Fsp3) is 0.769. The van der Waals surface area contributed by atoms with Crippen LogP contribution >= 0.6 is 0 Å². The van der Waals surface area contributed by atoms with Crippen molar-refractivity contribution in [2.24, 2.45) is 10.9 Å². The van der Waals surface area contributed by atoms with E-state index in [2.05, 4.69) is 30.3 Å². The van der Waals surface area contributed by atoms with Crippen molar-refractivity contribution in [2.75, 3.05) is 19.6 Å². The summed E-state index contributed by atoms with van der Waals surface area (Å²) >= 11 is 0. The van der Waals surface area contributed by atoms with Gasteiger partial charge in [0.1, 0.15) is 0 Å². The van der Waals surface area contributed by atoms with Gasteiger partial charge < -0.3 is 4.90 Å². The van der Waals surface area contributed by atoms with E-state index in [0.717, 1.165) is 17.9 Å². The molecule has 3 nitrogen and oxygen atoms in total. The number of carbonyl (C=O) groups excluding carboxylic acids is 1. The number of nitrogens with zero attached hydrogens (tertiary/aromatic N) is 2. The van der Waals surface area contributed by atoms with Crippen LogP contribution in [0.25, 0.3) is 0 Å². The molecule has 0 aliphatic carbocycles. The maximum Gasteiger partial charge on any atom is 0.235 e. The lowest BCUT2D eigenvalue weighted by molar-refractivity contribution is 0.149. The normalized spacial score (nSPS) is 18.4. The van der Waals surface area contributed by atoms with Crippen LogP contribution in [0.15, 0.2) is 17.1 Å². The van der Waals surface area contributed by atoms with Crippen molar-refractivity contribution < 1.29 is 4.79 Å². The molecule has 1 fully saturated rings. The summed E-state index contributed by atoms with van der Waals surface area (Å²) in [6.45, 7) is 11.3. The van der Waals surface area contributed by atoms with E-state index in [9.17, 15) is 4.79 Å². The lowest BCUT2D eigenvalue weighted by Gasteiger charge is -2.34. The Kier molecular flexibility index (Phi) is 5.44. The predicted molar refractivity (Wildman–Crippen MR) is 66.2 cm³/mol. The van der Waals surface area contributed by atoms with Crippen LogP contribution in [0.5, 0.6) is 0 Å². The second-order valence-corrected chi connectivity index (χ2v) is 4.93. The van der Waals surface area contributed by atoms with E-state index in [1.54, 1.807) is 6.08 Å². The number of likely N-dealkylation sites (tertiary alicyclic amines) is 1. The second kappa shape index (κ2) is 6.62. The molecular weight excluding hydrogens is 200 g/mol. The zero-order valence-corrected chi connectivity index (χ0v) is 10.4. The number of aliphatic imine (C=N–C) groups is 1. The summed E-state index contributed by atoms with van der Waals surface area (Å²) in [6, 6.07) is 0.656. The van der Waals surface area contributed by atoms with Crippen molar-refractivity contribution in [2.45, 2.75) is 39.2 Å². The lowest BCUT2D eigenvalue weighted by atomic mass is 9.90. The molecule has 0 bridgehead atoms. The van der Waals surface area contributed by atoms with E-state index < -0.39 is 0 Å². The Balaban J connectivity index is 2.26. The first kappa shape index (κ1) is 13.1. The first-order valence-electron chi connectivity index (χ1n) is 6.07. The van der Waals surface area contributed by atoms with Gasteiger partial charge in [-0.2, -0.15) is 0 Å². The fourth-order valence-electron chi connectivity index (χ4n) is 2.29. The van der Waals surface area contributed by atoms with Crippen LogP contribution in [-0.2, 0) is 4.79 Å². The molecule has 0 unspecified atom stereocenters. The minimum atomic E-state index is 0.452. The summed E-state index contributed by atoms with van der Waals surface area (Å²) < 4.78 is 0. The highest BCUT2D eigenvalue weighted by molar-refractivity contribution is 5.33. The lowest BCUT2D eigenvalue weighted by Crippen LogP contribution is -2.38. The molecule has 0 aromatic heterocycles. The molecule has 1 heterocycles. The molecule has 1 saturated heterocycles. The fourth-order valence-corrected chi connectivity index (χ4v) is 2.29. The molecule has 1 aliphatic heterocycles. The monoisotopic (exact) mass is 222 g/mol. The van der Waals surface area contributed by atoms with Gasteiger partial charge in [-0.3, -0.25) is 0 Å². The molecule has 1 aliphatic rings. The van der Waals surface area contributed by atoms with Crippen molar-refractivity contribution >= 4 is 6.08 Å². The van der Waals surface area contributed by atoms with Crippen LogP contribution in [0, 0.1) is 5.92 Å². The van der Waals surface area contributed by atoms with Crippen LogP contribution < -0.4 is 0 Å². The SMILES string of the molecule is C=C(CN=C=O)CC1CCN(C(C)C)CC1. The second-order valence-electron chi connectivity index (χ2n) is 4.93. The number of rotatable bonds is 5. The Hall–Kier alpha value is -0.920. The number of piperidine rings is 1. The molecular formula is C13H22N2O. The quantitative estimate of drug-likeness (QED) is 0.406. The molecule has 90 valence electrons. The van der Waals surface area contributed by atoms with E-state index in [1.807, 2.05) is 0 Å². The molecule has 0 radical (unpaired) electrons. The largest absolute Gasteiger partial charge is 0.301 e. The van der Waals surface area contributed by atoms with Gasteiger partial charge in [-0.05, 0) is 52.1 Å². The van der Waals surface area contributed by atoms with Crippen LogP contribution in [0.4, 0.5) is 0 Å². The molecule has 1 rings (SSSR count). The van der Waals surface area contributed by atoms with Crippen molar-refractivity contribution in [3.05, 3.63) is 12.2 Å². The smallest absolute Gasteiger partial charge is 0.235 e. The molecule has 0 atom stereocenters. The number of hydrogen-bond acceptors (Lipinski definition) is 3. The molecule has 0 aromatic carbocycles. The highest BCUT2D eigenvalue weighted by Gasteiger charge is 2.20. The van der Waals surface area contributed by atoms with Gasteiger partial charge >= 0.3 is 0 Å². The maximum atomic E-state index is 9.98. The van der Waals surface area contributed by atoms with Gasteiger partial charge in [-0.1, -0.05) is 12.2 Å². The molecule has 3 heteroatoms. The van der Waals surface area contributed by atoms with Gasteiger partial charge in [0.05, 0.1) is 6.54 Å². The zero-order valence-electron chi connectivity index (χ0n) is 10.4. The van der Waals surface area contributed by atoms with Crippen molar-refractivity contribution in [3.63, 3.8) is 0 Å². The standard InChI is InChI=1S/C13H22N2O/c1-11(2)15-6-4-13(5-7-15)8-12(3)9-14-10-16/h11,13H,3-9H2,1-2H3. The first-order chi connectivity index (χ1) is 7.63. The Morgan fingerprint density at radius 1 is 1.50 bits per heavy atom. The van der Waals surface area contributed by atoms with Crippen molar-refractivity contribution in [3.8, 4) is 0 Å². The summed E-state index contributed by atoms with van der Waals surface area (Å²) in [5, 5.41) is 0. The molecule has 0 spiro atoms. The molecule has 16 heavy (non-hydrogen) atoms. The van der Waals surface area contributed by atoms with Gasteiger partial charge in [-0.25, -0.2) is 9.79 Å². The summed E-state index contributed by atoms with van der Waals surface area (Å²) in [4.78, 5) is 16.1. The maximum absolute atomic E-state index is 9.98. The summed E-state index contributed by atoms with van der Waals surface area (Å²) in [6.07, 6.45) is 5.05. The molecule has 0 aromatic rings. The first-order valence-corrected chi connectivity index (χ1v) is 6.07. The third-order valence-corrected chi connectivity index (χ3v) is 3.32. The van der Waals surface area contributed by atoms with Gasteiger partial charge in [0.15, 0.2) is 0 Å². The Morgan fingerprint density at radius 3 is 2.62 bits per heavy atom. The predicted octanol–water partition coefficient (Wildman–Crippen LogP) is 2.39. The third-order valence-electron chi connectivity index (χ3n) is 3.32. The highest BCUT2D eigenvalue weighted by atomic mass is 16.1. The summed E-state index contributed by atoms with van der Waals surface area (Å²) in [5.74, 6) is 0.726. The Morgan fingerprint density at radius 2 is 2.12 bits per heavy atom. The van der Waals surface area contributed by atoms with E-state index >= 15 is 0 Å². The number of hydrogen-bond donors (Lipinski definition) is 0. The minimum Gasteiger partial charge on any atom is -0.301 e. The van der Waals surface area contributed by atoms with Crippen molar-refractivity contribution in [1.82, 2.24) is 4.90 Å². The average molecular weight is 222 g/mol. The van der Waals surface area contributed by atoms with E-state index in [1.165, 1.54) is 25.9 Å². The molecule has 0 saturated carbocycles. The zero-order chi connectivity index (χ0) is 12.0. The van der Waals surface area contributed by atoms with Crippen LogP contribution in [0.3, 0.4) is 0 Å². The molecule has 0 N–H and O–H groups in total. The van der Waals surface area contributed by atoms with Crippen molar-refractivity contribution in [1.29, 1.82) is 0 Å². The summed E-state index contributed by atoms with van der Waals surface area (Å²) in [5.41, 5.74) is 1.06. The van der Waals surface area contributed by atoms with Gasteiger partial charge in [0, 0.05) is 6.04 Å². The van der Waals surface area contributed by atoms with Crippen LogP contribution in [0.2, 0.25) is 0 Å². The third kappa shape index (κ3) is 4.30. The van der Waals surface area contributed by atoms with Crippen LogP contribution in [-0.4, -0.2) is 36.7 Å². The van der Waals surface area contributed by atoms with E-state index in [4.69, 9.17) is 0 Å². The molecule has 0 amide bonds. The number of isocyanates is 1.